The van der Waals surface area contributed by atoms with Gasteiger partial charge in [0.15, 0.2) is 9.84 Å². The van der Waals surface area contributed by atoms with Gasteiger partial charge in [0.25, 0.3) is 0 Å². The highest BCUT2D eigenvalue weighted by Crippen LogP contribution is 2.27. The van der Waals surface area contributed by atoms with E-state index in [1.165, 1.54) is 25.7 Å². The van der Waals surface area contributed by atoms with E-state index in [1.807, 2.05) is 0 Å². The topological polar surface area (TPSA) is 75.3 Å². The smallest absolute Gasteiger partial charge is 0.221 e. The Labute approximate surface area is 128 Å². The fourth-order valence-electron chi connectivity index (χ4n) is 3.51. The van der Waals surface area contributed by atoms with Gasteiger partial charge in [-0.3, -0.25) is 4.79 Å². The summed E-state index contributed by atoms with van der Waals surface area (Å²) in [5, 5.41) is 6.21. The van der Waals surface area contributed by atoms with Gasteiger partial charge in [-0.2, -0.15) is 0 Å². The summed E-state index contributed by atoms with van der Waals surface area (Å²) in [6.07, 6.45) is 7.34. The number of rotatable bonds is 5. The molecular formula is C15H28N2O3S. The van der Waals surface area contributed by atoms with Crippen LogP contribution in [0.15, 0.2) is 0 Å². The molecule has 1 saturated heterocycles. The first kappa shape index (κ1) is 16.7. The van der Waals surface area contributed by atoms with Crippen LogP contribution in [-0.4, -0.2) is 44.5 Å². The third kappa shape index (κ3) is 5.58. The summed E-state index contributed by atoms with van der Waals surface area (Å²) in [5.41, 5.74) is 0. The molecule has 1 unspecified atom stereocenters. The second kappa shape index (κ2) is 7.58. The fraction of sp³-hybridized carbons (Fsp3) is 0.933. The van der Waals surface area contributed by atoms with Crippen molar-refractivity contribution in [1.29, 1.82) is 0 Å². The molecular weight excluding hydrogens is 288 g/mol. The Balaban J connectivity index is 1.70. The lowest BCUT2D eigenvalue weighted by atomic mass is 9.83. The number of nitrogens with one attached hydrogen (secondary N) is 2. The summed E-state index contributed by atoms with van der Waals surface area (Å²) in [4.78, 5) is 12.1. The minimum Gasteiger partial charge on any atom is -0.353 e. The van der Waals surface area contributed by atoms with Gasteiger partial charge in [-0.15, -0.1) is 0 Å². The summed E-state index contributed by atoms with van der Waals surface area (Å²) in [5.74, 6) is 1.09. The van der Waals surface area contributed by atoms with Crippen LogP contribution in [0.4, 0.5) is 0 Å². The molecule has 2 aliphatic rings. The highest BCUT2D eigenvalue weighted by molar-refractivity contribution is 7.91. The average molecular weight is 316 g/mol. The first-order chi connectivity index (χ1) is 9.98. The Morgan fingerprint density at radius 2 is 1.95 bits per heavy atom. The van der Waals surface area contributed by atoms with Gasteiger partial charge in [-0.1, -0.05) is 19.8 Å². The molecule has 1 heterocycles. The third-order valence-electron chi connectivity index (χ3n) is 4.64. The zero-order valence-electron chi connectivity index (χ0n) is 12.9. The van der Waals surface area contributed by atoms with Crippen LogP contribution in [0.5, 0.6) is 0 Å². The monoisotopic (exact) mass is 316 g/mol. The van der Waals surface area contributed by atoms with E-state index in [4.69, 9.17) is 0 Å². The van der Waals surface area contributed by atoms with E-state index in [0.717, 1.165) is 18.8 Å². The minimum atomic E-state index is -2.97. The largest absolute Gasteiger partial charge is 0.353 e. The first-order valence-corrected chi connectivity index (χ1v) is 10.0. The molecule has 2 fully saturated rings. The summed E-state index contributed by atoms with van der Waals surface area (Å²) in [6.45, 7) is 2.68. The molecule has 1 atom stereocenters. The molecule has 1 aliphatic carbocycles. The number of sulfone groups is 1. The van der Waals surface area contributed by atoms with Crippen LogP contribution < -0.4 is 10.6 Å². The Hall–Kier alpha value is -0.620. The second-order valence-corrected chi connectivity index (χ2v) is 8.77. The molecule has 2 rings (SSSR count). The van der Waals surface area contributed by atoms with Crippen LogP contribution in [0.3, 0.4) is 0 Å². The Kier molecular flexibility index (Phi) is 6.05. The molecule has 1 aliphatic heterocycles. The number of carbonyl (C=O) groups is 1. The lowest BCUT2D eigenvalue weighted by molar-refractivity contribution is -0.122. The maximum atomic E-state index is 12.1. The summed E-state index contributed by atoms with van der Waals surface area (Å²) in [6, 6.07) is 0.0611. The van der Waals surface area contributed by atoms with Crippen molar-refractivity contribution in [2.24, 2.45) is 5.92 Å². The van der Waals surface area contributed by atoms with Crippen molar-refractivity contribution in [2.45, 2.75) is 64.0 Å². The van der Waals surface area contributed by atoms with E-state index in [0.29, 0.717) is 6.54 Å². The molecule has 0 aromatic heterocycles. The van der Waals surface area contributed by atoms with Crippen LogP contribution in [-0.2, 0) is 14.6 Å². The Morgan fingerprint density at radius 3 is 2.57 bits per heavy atom. The van der Waals surface area contributed by atoms with E-state index in [9.17, 15) is 13.2 Å². The maximum Gasteiger partial charge on any atom is 0.221 e. The second-order valence-electron chi connectivity index (χ2n) is 6.54. The van der Waals surface area contributed by atoms with E-state index in [2.05, 4.69) is 17.6 Å². The molecule has 1 saturated carbocycles. The van der Waals surface area contributed by atoms with Crippen LogP contribution >= 0.6 is 0 Å². The molecule has 6 heteroatoms. The van der Waals surface area contributed by atoms with Crippen molar-refractivity contribution in [1.82, 2.24) is 10.6 Å². The van der Waals surface area contributed by atoms with Crippen LogP contribution in [0.2, 0.25) is 0 Å². The van der Waals surface area contributed by atoms with Crippen LogP contribution in [0, 0.1) is 5.92 Å². The summed E-state index contributed by atoms with van der Waals surface area (Å²) >= 11 is 0. The highest BCUT2D eigenvalue weighted by Gasteiger charge is 2.27. The Morgan fingerprint density at radius 1 is 1.24 bits per heavy atom. The maximum absolute atomic E-state index is 12.1. The zero-order chi connectivity index (χ0) is 15.3. The van der Waals surface area contributed by atoms with Gasteiger partial charge in [0, 0.05) is 25.0 Å². The standard InChI is InChI=1S/C15H28N2O3S/c1-2-3-12-4-6-13(7-5-12)17-15(18)10-14-11-21(19,20)9-8-16-14/h12-14,16H,2-11H2,1H3,(H,17,18). The molecule has 0 aromatic rings. The van der Waals surface area contributed by atoms with Gasteiger partial charge in [-0.05, 0) is 31.6 Å². The SMILES string of the molecule is CCCC1CCC(NC(=O)CC2CS(=O)(=O)CCN2)CC1. The lowest BCUT2D eigenvalue weighted by Gasteiger charge is -2.30. The molecule has 0 spiro atoms. The van der Waals surface area contributed by atoms with Crippen LogP contribution in [0.1, 0.15) is 51.9 Å². The van der Waals surface area contributed by atoms with E-state index >= 15 is 0 Å². The predicted molar refractivity (Wildman–Crippen MR) is 83.9 cm³/mol. The number of hydrogen-bond donors (Lipinski definition) is 2. The number of amides is 1. The van der Waals surface area contributed by atoms with Crippen molar-refractivity contribution in [3.63, 3.8) is 0 Å². The highest BCUT2D eigenvalue weighted by atomic mass is 32.2. The average Bonchev–Trinajstić information content (AvgIpc) is 2.40. The normalized spacial score (nSPS) is 32.5. The summed E-state index contributed by atoms with van der Waals surface area (Å²) < 4.78 is 23.1. The molecule has 5 nitrogen and oxygen atoms in total. The van der Waals surface area contributed by atoms with E-state index in [-0.39, 0.29) is 35.9 Å². The molecule has 1 amide bonds. The van der Waals surface area contributed by atoms with Crippen molar-refractivity contribution in [3.05, 3.63) is 0 Å². The van der Waals surface area contributed by atoms with Gasteiger partial charge < -0.3 is 10.6 Å². The quantitative estimate of drug-likeness (QED) is 0.800. The van der Waals surface area contributed by atoms with Gasteiger partial charge in [0.05, 0.1) is 11.5 Å². The van der Waals surface area contributed by atoms with Gasteiger partial charge >= 0.3 is 0 Å². The first-order valence-electron chi connectivity index (χ1n) is 8.21. The minimum absolute atomic E-state index is 0.0106. The van der Waals surface area contributed by atoms with Crippen molar-refractivity contribution in [3.8, 4) is 0 Å². The van der Waals surface area contributed by atoms with Crippen molar-refractivity contribution in [2.75, 3.05) is 18.1 Å². The molecule has 0 aromatic carbocycles. The zero-order valence-corrected chi connectivity index (χ0v) is 13.8. The van der Waals surface area contributed by atoms with Gasteiger partial charge in [0.1, 0.15) is 0 Å². The van der Waals surface area contributed by atoms with Gasteiger partial charge in [0.2, 0.25) is 5.91 Å². The number of hydrogen-bond acceptors (Lipinski definition) is 4. The number of carbonyl (C=O) groups excluding carboxylic acids is 1. The fourth-order valence-corrected chi connectivity index (χ4v) is 4.96. The lowest BCUT2D eigenvalue weighted by Crippen LogP contribution is -2.48. The Bertz CT molecular complexity index is 442. The van der Waals surface area contributed by atoms with Gasteiger partial charge in [-0.25, -0.2) is 8.42 Å². The molecule has 21 heavy (non-hydrogen) atoms. The van der Waals surface area contributed by atoms with E-state index < -0.39 is 9.84 Å². The predicted octanol–water partition coefficient (Wildman–Crippen LogP) is 1.24. The van der Waals surface area contributed by atoms with E-state index in [1.54, 1.807) is 0 Å². The molecule has 2 N–H and O–H groups in total. The third-order valence-corrected chi connectivity index (χ3v) is 6.38. The molecule has 0 bridgehead atoms. The van der Waals surface area contributed by atoms with Crippen LogP contribution in [0.25, 0.3) is 0 Å². The van der Waals surface area contributed by atoms with Crippen molar-refractivity contribution < 1.29 is 13.2 Å². The summed E-state index contributed by atoms with van der Waals surface area (Å²) in [7, 11) is -2.97. The molecule has 0 radical (unpaired) electrons. The van der Waals surface area contributed by atoms with Crippen molar-refractivity contribution >= 4 is 15.7 Å². The molecule has 122 valence electrons.